The molecule has 0 saturated heterocycles. The molecule has 0 aliphatic rings. The van der Waals surface area contributed by atoms with Gasteiger partial charge in [-0.25, -0.2) is 0 Å². The molecule has 0 aromatic heterocycles. The molecule has 0 rings (SSSR count). The molecule has 0 aliphatic heterocycles. The largest absolute Gasteiger partial charge is 0.462 e. The van der Waals surface area contributed by atoms with Crippen molar-refractivity contribution in [3.63, 3.8) is 0 Å². The summed E-state index contributed by atoms with van der Waals surface area (Å²) in [4.78, 5) is 38.0. The highest BCUT2D eigenvalue weighted by Crippen LogP contribution is 2.15. The van der Waals surface area contributed by atoms with E-state index in [1.807, 2.05) is 0 Å². The molecule has 0 saturated carbocycles. The quantitative estimate of drug-likeness (QED) is 0.0262. The molecule has 0 amide bonds. The number of esters is 3. The summed E-state index contributed by atoms with van der Waals surface area (Å²) in [5.41, 5.74) is 0. The van der Waals surface area contributed by atoms with Crippen LogP contribution in [0.4, 0.5) is 0 Å². The van der Waals surface area contributed by atoms with Crippen LogP contribution in [0.15, 0.2) is 36.5 Å². The fourth-order valence-corrected chi connectivity index (χ4v) is 7.59. The fourth-order valence-electron chi connectivity index (χ4n) is 7.59. The van der Waals surface area contributed by atoms with E-state index in [9.17, 15) is 14.4 Å². The number of hydrogen-bond acceptors (Lipinski definition) is 6. The minimum atomic E-state index is -0.779. The van der Waals surface area contributed by atoms with E-state index in [1.54, 1.807) is 0 Å². The molecule has 0 unspecified atom stereocenters. The molecule has 1 atom stereocenters. The van der Waals surface area contributed by atoms with E-state index in [-0.39, 0.29) is 31.1 Å². The van der Waals surface area contributed by atoms with Crippen molar-refractivity contribution >= 4 is 17.9 Å². The van der Waals surface area contributed by atoms with E-state index in [2.05, 4.69) is 57.2 Å². The molecule has 0 aliphatic carbocycles. The first kappa shape index (κ1) is 58.6. The van der Waals surface area contributed by atoms with Crippen LogP contribution >= 0.6 is 0 Å². The van der Waals surface area contributed by atoms with Crippen LogP contribution in [0.2, 0.25) is 0 Å². The Morgan fingerprint density at radius 2 is 0.590 bits per heavy atom. The van der Waals surface area contributed by atoms with Gasteiger partial charge in [0.2, 0.25) is 0 Å². The van der Waals surface area contributed by atoms with E-state index in [0.717, 1.165) is 89.9 Å². The Hall–Kier alpha value is -2.37. The van der Waals surface area contributed by atoms with Gasteiger partial charge in [-0.1, -0.05) is 218 Å². The fraction of sp³-hybridized carbons (Fsp3) is 0.836. The third-order valence-corrected chi connectivity index (χ3v) is 11.6. The second-order valence-corrected chi connectivity index (χ2v) is 17.8. The van der Waals surface area contributed by atoms with Gasteiger partial charge in [-0.2, -0.15) is 0 Å². The molecule has 0 bridgehead atoms. The summed E-state index contributed by atoms with van der Waals surface area (Å²) in [5, 5.41) is 0. The molecular weight excluding hydrogens is 757 g/mol. The van der Waals surface area contributed by atoms with E-state index < -0.39 is 6.10 Å². The van der Waals surface area contributed by atoms with E-state index in [1.165, 1.54) is 148 Å². The second kappa shape index (κ2) is 50.3. The van der Waals surface area contributed by atoms with Gasteiger partial charge < -0.3 is 14.2 Å². The Morgan fingerprint density at radius 1 is 0.328 bits per heavy atom. The van der Waals surface area contributed by atoms with Gasteiger partial charge in [0.1, 0.15) is 13.2 Å². The standard InChI is InChI=1S/C55H100O6/c1-4-7-10-13-16-19-22-25-27-29-30-33-36-39-42-45-48-54(57)60-51-52(50-59-53(56)47-44-41-38-35-32-24-21-18-15-12-9-6-3)61-55(58)49-46-43-40-37-34-31-28-26-23-20-17-14-11-8-5-2/h17,20,26-29,52H,4-16,18-19,21-25,30-51H2,1-3H3/b20-17-,28-26-,29-27-/t52-/m1/s1. The van der Waals surface area contributed by atoms with Gasteiger partial charge in [0.05, 0.1) is 0 Å². The van der Waals surface area contributed by atoms with Crippen molar-refractivity contribution in [2.45, 2.75) is 284 Å². The average molecular weight is 857 g/mol. The van der Waals surface area contributed by atoms with E-state index in [0.29, 0.717) is 19.3 Å². The van der Waals surface area contributed by atoms with Crippen LogP contribution in [0.25, 0.3) is 0 Å². The van der Waals surface area contributed by atoms with Gasteiger partial charge in [0.15, 0.2) is 6.10 Å². The number of rotatable bonds is 48. The van der Waals surface area contributed by atoms with Crippen LogP contribution < -0.4 is 0 Å². The first-order valence-electron chi connectivity index (χ1n) is 26.5. The molecule has 6 nitrogen and oxygen atoms in total. The molecule has 0 aromatic rings. The Bertz CT molecular complexity index is 1030. The lowest BCUT2D eigenvalue weighted by atomic mass is 10.0. The summed E-state index contributed by atoms with van der Waals surface area (Å²) in [6.45, 7) is 6.61. The summed E-state index contributed by atoms with van der Waals surface area (Å²) >= 11 is 0. The van der Waals surface area contributed by atoms with Crippen molar-refractivity contribution in [3.8, 4) is 0 Å². The molecule has 0 N–H and O–H groups in total. The summed E-state index contributed by atoms with van der Waals surface area (Å²) in [7, 11) is 0. The maximum absolute atomic E-state index is 12.8. The molecule has 0 radical (unpaired) electrons. The number of ether oxygens (including phenoxy) is 3. The first-order chi connectivity index (χ1) is 30.0. The molecular formula is C55H100O6. The summed E-state index contributed by atoms with van der Waals surface area (Å²) in [5.74, 6) is -0.890. The van der Waals surface area contributed by atoms with Gasteiger partial charge in [-0.05, 0) is 77.0 Å². The van der Waals surface area contributed by atoms with Gasteiger partial charge in [-0.15, -0.1) is 0 Å². The Balaban J connectivity index is 4.38. The number of hydrogen-bond donors (Lipinski definition) is 0. The summed E-state index contributed by atoms with van der Waals surface area (Å²) in [6, 6.07) is 0. The van der Waals surface area contributed by atoms with Crippen LogP contribution in [0.1, 0.15) is 278 Å². The lowest BCUT2D eigenvalue weighted by Gasteiger charge is -2.18. The highest BCUT2D eigenvalue weighted by molar-refractivity contribution is 5.71. The minimum Gasteiger partial charge on any atom is -0.462 e. The van der Waals surface area contributed by atoms with Gasteiger partial charge in [0.25, 0.3) is 0 Å². The number of carbonyl (C=O) groups is 3. The number of unbranched alkanes of at least 4 members (excludes halogenated alkanes) is 31. The predicted molar refractivity (Wildman–Crippen MR) is 261 cm³/mol. The van der Waals surface area contributed by atoms with Gasteiger partial charge in [0, 0.05) is 19.3 Å². The van der Waals surface area contributed by atoms with Crippen molar-refractivity contribution in [2.75, 3.05) is 13.2 Å². The topological polar surface area (TPSA) is 78.9 Å². The Labute approximate surface area is 378 Å². The lowest BCUT2D eigenvalue weighted by molar-refractivity contribution is -0.167. The maximum atomic E-state index is 12.8. The molecule has 0 spiro atoms. The maximum Gasteiger partial charge on any atom is 0.306 e. The summed E-state index contributed by atoms with van der Waals surface area (Å²) in [6.07, 6.45) is 58.4. The van der Waals surface area contributed by atoms with Gasteiger partial charge >= 0.3 is 17.9 Å². The Morgan fingerprint density at radius 3 is 0.951 bits per heavy atom. The van der Waals surface area contributed by atoms with Crippen LogP contribution in [0.3, 0.4) is 0 Å². The molecule has 0 aromatic carbocycles. The van der Waals surface area contributed by atoms with Crippen LogP contribution in [-0.4, -0.2) is 37.2 Å². The second-order valence-electron chi connectivity index (χ2n) is 17.8. The van der Waals surface area contributed by atoms with Crippen LogP contribution in [0.5, 0.6) is 0 Å². The van der Waals surface area contributed by atoms with Crippen molar-refractivity contribution < 1.29 is 28.6 Å². The molecule has 6 heteroatoms. The third kappa shape index (κ3) is 48.5. The molecule has 0 fully saturated rings. The smallest absolute Gasteiger partial charge is 0.306 e. The minimum absolute atomic E-state index is 0.0776. The lowest BCUT2D eigenvalue weighted by Crippen LogP contribution is -2.30. The van der Waals surface area contributed by atoms with Crippen molar-refractivity contribution in [3.05, 3.63) is 36.5 Å². The SMILES string of the molecule is CCCCC/C=C\C/C=C\CCCCCCCC(=O)O[C@@H](COC(=O)CCCCCCC/C=C\CCCCCCCCC)COC(=O)CCCCCCCCCCCCCC. The predicted octanol–water partition coefficient (Wildman–Crippen LogP) is 17.3. The average Bonchev–Trinajstić information content (AvgIpc) is 3.26. The van der Waals surface area contributed by atoms with Crippen molar-refractivity contribution in [1.82, 2.24) is 0 Å². The molecule has 61 heavy (non-hydrogen) atoms. The highest BCUT2D eigenvalue weighted by Gasteiger charge is 2.19. The third-order valence-electron chi connectivity index (χ3n) is 11.6. The van der Waals surface area contributed by atoms with Crippen LogP contribution in [-0.2, 0) is 28.6 Å². The molecule has 356 valence electrons. The normalized spacial score (nSPS) is 12.2. The van der Waals surface area contributed by atoms with Crippen molar-refractivity contribution in [1.29, 1.82) is 0 Å². The van der Waals surface area contributed by atoms with E-state index in [4.69, 9.17) is 14.2 Å². The van der Waals surface area contributed by atoms with Crippen LogP contribution in [0, 0.1) is 0 Å². The monoisotopic (exact) mass is 857 g/mol. The summed E-state index contributed by atoms with van der Waals surface area (Å²) < 4.78 is 16.8. The zero-order valence-electron chi connectivity index (χ0n) is 40.7. The first-order valence-corrected chi connectivity index (χ1v) is 26.5. The molecule has 0 heterocycles. The Kier molecular flexibility index (Phi) is 48.3. The number of allylic oxidation sites excluding steroid dienone is 6. The van der Waals surface area contributed by atoms with E-state index >= 15 is 0 Å². The number of carbonyl (C=O) groups excluding carboxylic acids is 3. The van der Waals surface area contributed by atoms with Crippen molar-refractivity contribution in [2.24, 2.45) is 0 Å². The highest BCUT2D eigenvalue weighted by atomic mass is 16.6. The zero-order chi connectivity index (χ0) is 44.4. The van der Waals surface area contributed by atoms with Gasteiger partial charge in [-0.3, -0.25) is 14.4 Å². The zero-order valence-corrected chi connectivity index (χ0v) is 40.7.